The van der Waals surface area contributed by atoms with Crippen LogP contribution in [-0.2, 0) is 6.54 Å². The molecule has 0 atom stereocenters. The molecule has 21 heavy (non-hydrogen) atoms. The van der Waals surface area contributed by atoms with Gasteiger partial charge >= 0.3 is 0 Å². The van der Waals surface area contributed by atoms with E-state index in [1.165, 1.54) is 0 Å². The maximum atomic E-state index is 12.6. The number of carbonyl (C=O) groups excluding carboxylic acids is 1. The fourth-order valence-electron chi connectivity index (χ4n) is 2.03. The zero-order valence-corrected chi connectivity index (χ0v) is 12.8. The number of nitrogens with zero attached hydrogens (tertiary/aromatic N) is 3. The molecule has 0 fully saturated rings. The van der Waals surface area contributed by atoms with Crippen LogP contribution in [0.25, 0.3) is 0 Å². The predicted octanol–water partition coefficient (Wildman–Crippen LogP) is 2.24. The monoisotopic (exact) mass is 287 g/mol. The Bertz CT molecular complexity index is 607. The second kappa shape index (κ2) is 6.39. The third kappa shape index (κ3) is 3.59. The third-order valence-electron chi connectivity index (χ3n) is 3.26. The van der Waals surface area contributed by atoms with E-state index in [0.717, 1.165) is 11.3 Å². The number of aromatic nitrogens is 3. The molecular weight excluding hydrogens is 266 g/mol. The molecule has 0 bridgehead atoms. The lowest BCUT2D eigenvalue weighted by Crippen LogP contribution is -2.26. The first-order valence-corrected chi connectivity index (χ1v) is 6.94. The largest absolute Gasteiger partial charge is 0.373 e. The van der Waals surface area contributed by atoms with E-state index in [0.29, 0.717) is 17.9 Å². The Kier molecular flexibility index (Phi) is 4.57. The molecule has 0 aromatic carbocycles. The van der Waals surface area contributed by atoms with E-state index in [2.05, 4.69) is 34.3 Å². The standard InChI is InChI=1S/C15H21N5O/c1-10(2)13-5-12(6-14(16-3)19-13)15(21)20(4)9-11-7-17-18-8-11/h5-8,10H,9H2,1-4H3,(H,16,19)(H,17,18). The average Bonchev–Trinajstić information content (AvgIpc) is 2.98. The Morgan fingerprint density at radius 1 is 1.43 bits per heavy atom. The molecule has 2 aromatic heterocycles. The van der Waals surface area contributed by atoms with E-state index in [4.69, 9.17) is 0 Å². The first-order valence-electron chi connectivity index (χ1n) is 6.94. The van der Waals surface area contributed by atoms with Crippen LogP contribution >= 0.6 is 0 Å². The smallest absolute Gasteiger partial charge is 0.254 e. The normalized spacial score (nSPS) is 10.7. The van der Waals surface area contributed by atoms with Gasteiger partial charge in [-0.05, 0) is 18.1 Å². The van der Waals surface area contributed by atoms with Crippen molar-refractivity contribution in [1.82, 2.24) is 20.1 Å². The molecule has 0 spiro atoms. The van der Waals surface area contributed by atoms with Crippen molar-refractivity contribution in [2.75, 3.05) is 19.4 Å². The van der Waals surface area contributed by atoms with Gasteiger partial charge in [0.25, 0.3) is 5.91 Å². The topological polar surface area (TPSA) is 73.9 Å². The molecule has 0 saturated heterocycles. The number of hydrogen-bond donors (Lipinski definition) is 2. The number of anilines is 1. The summed E-state index contributed by atoms with van der Waals surface area (Å²) >= 11 is 0. The Morgan fingerprint density at radius 2 is 2.19 bits per heavy atom. The molecule has 2 rings (SSSR count). The van der Waals surface area contributed by atoms with Crippen molar-refractivity contribution in [2.45, 2.75) is 26.3 Å². The second-order valence-corrected chi connectivity index (χ2v) is 5.34. The van der Waals surface area contributed by atoms with Gasteiger partial charge in [0.15, 0.2) is 0 Å². The maximum absolute atomic E-state index is 12.6. The fraction of sp³-hybridized carbons (Fsp3) is 0.400. The first-order chi connectivity index (χ1) is 10.0. The van der Waals surface area contributed by atoms with E-state index >= 15 is 0 Å². The molecule has 112 valence electrons. The number of amides is 1. The van der Waals surface area contributed by atoms with E-state index in [-0.39, 0.29) is 11.8 Å². The number of H-pyrrole nitrogens is 1. The van der Waals surface area contributed by atoms with E-state index in [1.54, 1.807) is 37.5 Å². The summed E-state index contributed by atoms with van der Waals surface area (Å²) in [6.45, 7) is 4.64. The maximum Gasteiger partial charge on any atom is 0.254 e. The highest BCUT2D eigenvalue weighted by Gasteiger charge is 2.16. The quantitative estimate of drug-likeness (QED) is 0.884. The Labute approximate surface area is 124 Å². The van der Waals surface area contributed by atoms with Gasteiger partial charge in [0.2, 0.25) is 0 Å². The number of nitrogens with one attached hydrogen (secondary N) is 2. The van der Waals surface area contributed by atoms with Gasteiger partial charge in [-0.1, -0.05) is 13.8 Å². The molecule has 0 aliphatic carbocycles. The lowest BCUT2D eigenvalue weighted by Gasteiger charge is -2.18. The zero-order valence-electron chi connectivity index (χ0n) is 12.8. The van der Waals surface area contributed by atoms with Crippen LogP contribution in [0.15, 0.2) is 24.5 Å². The van der Waals surface area contributed by atoms with Gasteiger partial charge in [-0.3, -0.25) is 9.89 Å². The van der Waals surface area contributed by atoms with Crippen LogP contribution in [0.5, 0.6) is 0 Å². The van der Waals surface area contributed by atoms with Crippen LogP contribution < -0.4 is 5.32 Å². The summed E-state index contributed by atoms with van der Waals surface area (Å²) in [7, 11) is 3.58. The van der Waals surface area contributed by atoms with Gasteiger partial charge in [-0.25, -0.2) is 4.98 Å². The van der Waals surface area contributed by atoms with Crippen molar-refractivity contribution in [3.05, 3.63) is 41.3 Å². The molecular formula is C15H21N5O. The molecule has 2 N–H and O–H groups in total. The summed E-state index contributed by atoms with van der Waals surface area (Å²) in [5, 5.41) is 9.64. The highest BCUT2D eigenvalue weighted by atomic mass is 16.2. The van der Waals surface area contributed by atoms with Crippen LogP contribution in [-0.4, -0.2) is 40.1 Å². The van der Waals surface area contributed by atoms with Gasteiger partial charge in [-0.2, -0.15) is 5.10 Å². The van der Waals surface area contributed by atoms with Crippen molar-refractivity contribution in [3.63, 3.8) is 0 Å². The van der Waals surface area contributed by atoms with Crippen LogP contribution in [0.3, 0.4) is 0 Å². The SMILES string of the molecule is CNc1cc(C(=O)N(C)Cc2cn[nH]c2)cc(C(C)C)n1. The van der Waals surface area contributed by atoms with Crippen LogP contribution in [0.4, 0.5) is 5.82 Å². The Balaban J connectivity index is 2.23. The lowest BCUT2D eigenvalue weighted by molar-refractivity contribution is 0.0785. The van der Waals surface area contributed by atoms with Crippen molar-refractivity contribution < 1.29 is 4.79 Å². The summed E-state index contributed by atoms with van der Waals surface area (Å²) in [5.74, 6) is 0.947. The molecule has 2 aromatic rings. The minimum absolute atomic E-state index is 0.0306. The number of pyridine rings is 1. The summed E-state index contributed by atoms with van der Waals surface area (Å²) in [5.41, 5.74) is 2.52. The van der Waals surface area contributed by atoms with Crippen molar-refractivity contribution in [1.29, 1.82) is 0 Å². The summed E-state index contributed by atoms with van der Waals surface area (Å²) in [6.07, 6.45) is 3.50. The summed E-state index contributed by atoms with van der Waals surface area (Å²) in [4.78, 5) is 18.7. The van der Waals surface area contributed by atoms with E-state index < -0.39 is 0 Å². The van der Waals surface area contributed by atoms with Crippen LogP contribution in [0, 0.1) is 0 Å². The number of aromatic amines is 1. The zero-order chi connectivity index (χ0) is 15.4. The highest BCUT2D eigenvalue weighted by Crippen LogP contribution is 2.19. The second-order valence-electron chi connectivity index (χ2n) is 5.34. The average molecular weight is 287 g/mol. The molecule has 0 radical (unpaired) electrons. The number of hydrogen-bond acceptors (Lipinski definition) is 4. The minimum atomic E-state index is -0.0306. The summed E-state index contributed by atoms with van der Waals surface area (Å²) < 4.78 is 0. The van der Waals surface area contributed by atoms with Gasteiger partial charge in [0.1, 0.15) is 5.82 Å². The Hall–Kier alpha value is -2.37. The predicted molar refractivity (Wildman–Crippen MR) is 82.3 cm³/mol. The molecule has 0 aliphatic heterocycles. The molecule has 6 heteroatoms. The van der Waals surface area contributed by atoms with E-state index in [1.807, 2.05) is 6.07 Å². The van der Waals surface area contributed by atoms with Crippen molar-refractivity contribution in [2.24, 2.45) is 0 Å². The lowest BCUT2D eigenvalue weighted by atomic mass is 10.1. The molecule has 1 amide bonds. The Morgan fingerprint density at radius 3 is 2.76 bits per heavy atom. The third-order valence-corrected chi connectivity index (χ3v) is 3.26. The molecule has 0 aliphatic rings. The van der Waals surface area contributed by atoms with Gasteiger partial charge in [0.05, 0.1) is 6.20 Å². The van der Waals surface area contributed by atoms with Crippen molar-refractivity contribution >= 4 is 11.7 Å². The minimum Gasteiger partial charge on any atom is -0.373 e. The molecule has 0 saturated carbocycles. The van der Waals surface area contributed by atoms with Crippen molar-refractivity contribution in [3.8, 4) is 0 Å². The van der Waals surface area contributed by atoms with Gasteiger partial charge in [-0.15, -0.1) is 0 Å². The molecule has 2 heterocycles. The molecule has 6 nitrogen and oxygen atoms in total. The highest BCUT2D eigenvalue weighted by molar-refractivity contribution is 5.94. The van der Waals surface area contributed by atoms with E-state index in [9.17, 15) is 4.79 Å². The van der Waals surface area contributed by atoms with Gasteiger partial charge in [0, 0.05) is 43.7 Å². The first kappa shape index (κ1) is 15.0. The molecule has 0 unspecified atom stereocenters. The van der Waals surface area contributed by atoms with Crippen LogP contribution in [0.1, 0.15) is 41.4 Å². The number of carbonyl (C=O) groups is 1. The number of rotatable bonds is 5. The van der Waals surface area contributed by atoms with Gasteiger partial charge < -0.3 is 10.2 Å². The fourth-order valence-corrected chi connectivity index (χ4v) is 2.03. The summed E-state index contributed by atoms with van der Waals surface area (Å²) in [6, 6.07) is 3.64. The van der Waals surface area contributed by atoms with Crippen LogP contribution in [0.2, 0.25) is 0 Å².